The van der Waals surface area contributed by atoms with Gasteiger partial charge in [-0.05, 0) is 45.0 Å². The second-order valence-corrected chi connectivity index (χ2v) is 4.44. The highest BCUT2D eigenvalue weighted by Gasteiger charge is 2.09. The third kappa shape index (κ3) is 3.39. The van der Waals surface area contributed by atoms with Crippen LogP contribution in [0.1, 0.15) is 38.8 Å². The molecule has 0 radical (unpaired) electrons. The normalized spacial score (nSPS) is 14.6. The second kappa shape index (κ2) is 6.12. The van der Waals surface area contributed by atoms with Gasteiger partial charge in [-0.2, -0.15) is 0 Å². The van der Waals surface area contributed by atoms with Crippen LogP contribution >= 0.6 is 11.6 Å². The van der Waals surface area contributed by atoms with Crippen LogP contribution in [0.15, 0.2) is 18.2 Å². The summed E-state index contributed by atoms with van der Waals surface area (Å²) >= 11 is 6.21. The first-order valence-corrected chi connectivity index (χ1v) is 6.09. The summed E-state index contributed by atoms with van der Waals surface area (Å²) < 4.78 is 5.71. The van der Waals surface area contributed by atoms with E-state index in [0.717, 1.165) is 22.8 Å². The third-order valence-corrected chi connectivity index (χ3v) is 3.11. The van der Waals surface area contributed by atoms with E-state index in [1.165, 1.54) is 0 Å². The molecule has 16 heavy (non-hydrogen) atoms. The molecule has 0 heterocycles. The predicted octanol–water partition coefficient (Wildman–Crippen LogP) is 3.80. The highest BCUT2D eigenvalue weighted by molar-refractivity contribution is 6.31. The molecule has 0 aliphatic heterocycles. The SMILES string of the molecule is CCC(C)Oc1ccc(C(C)NC)c(Cl)c1. The maximum absolute atomic E-state index is 6.21. The van der Waals surface area contributed by atoms with E-state index in [1.54, 1.807) is 0 Å². The number of rotatable bonds is 5. The zero-order valence-electron chi connectivity index (χ0n) is 10.4. The van der Waals surface area contributed by atoms with Gasteiger partial charge in [0, 0.05) is 11.1 Å². The summed E-state index contributed by atoms with van der Waals surface area (Å²) in [5.74, 6) is 0.839. The Morgan fingerprint density at radius 1 is 1.38 bits per heavy atom. The molecule has 3 heteroatoms. The van der Waals surface area contributed by atoms with Gasteiger partial charge in [-0.3, -0.25) is 0 Å². The smallest absolute Gasteiger partial charge is 0.121 e. The molecule has 2 unspecified atom stereocenters. The van der Waals surface area contributed by atoms with E-state index in [-0.39, 0.29) is 12.1 Å². The Bertz CT molecular complexity index is 341. The van der Waals surface area contributed by atoms with Crippen LogP contribution in [-0.2, 0) is 0 Å². The third-order valence-electron chi connectivity index (χ3n) is 2.78. The molecule has 0 aliphatic carbocycles. The van der Waals surface area contributed by atoms with Crippen molar-refractivity contribution in [3.05, 3.63) is 28.8 Å². The summed E-state index contributed by atoms with van der Waals surface area (Å²) in [7, 11) is 1.92. The molecule has 0 aromatic heterocycles. The van der Waals surface area contributed by atoms with E-state index in [4.69, 9.17) is 16.3 Å². The Morgan fingerprint density at radius 3 is 2.56 bits per heavy atom. The molecule has 0 amide bonds. The van der Waals surface area contributed by atoms with Crippen LogP contribution in [0.5, 0.6) is 5.75 Å². The fraction of sp³-hybridized carbons (Fsp3) is 0.538. The fourth-order valence-corrected chi connectivity index (χ4v) is 1.74. The van der Waals surface area contributed by atoms with E-state index in [9.17, 15) is 0 Å². The van der Waals surface area contributed by atoms with Crippen LogP contribution in [-0.4, -0.2) is 13.2 Å². The largest absolute Gasteiger partial charge is 0.491 e. The maximum atomic E-state index is 6.21. The minimum atomic E-state index is 0.226. The molecular formula is C13H20ClNO. The molecule has 1 aromatic carbocycles. The van der Waals surface area contributed by atoms with Gasteiger partial charge in [0.05, 0.1) is 6.10 Å². The lowest BCUT2D eigenvalue weighted by atomic mass is 10.1. The summed E-state index contributed by atoms with van der Waals surface area (Å²) in [5.41, 5.74) is 1.10. The van der Waals surface area contributed by atoms with Crippen LogP contribution in [0.25, 0.3) is 0 Å². The van der Waals surface area contributed by atoms with Crippen molar-refractivity contribution in [1.29, 1.82) is 0 Å². The Kier molecular flexibility index (Phi) is 5.10. The van der Waals surface area contributed by atoms with E-state index >= 15 is 0 Å². The van der Waals surface area contributed by atoms with Crippen molar-refractivity contribution in [1.82, 2.24) is 5.32 Å². The van der Waals surface area contributed by atoms with Crippen LogP contribution in [0.4, 0.5) is 0 Å². The van der Waals surface area contributed by atoms with E-state index < -0.39 is 0 Å². The van der Waals surface area contributed by atoms with Crippen molar-refractivity contribution in [2.75, 3.05) is 7.05 Å². The molecule has 1 N–H and O–H groups in total. The van der Waals surface area contributed by atoms with Crippen molar-refractivity contribution < 1.29 is 4.74 Å². The lowest BCUT2D eigenvalue weighted by Gasteiger charge is -2.16. The van der Waals surface area contributed by atoms with Gasteiger partial charge in [0.25, 0.3) is 0 Å². The molecule has 1 rings (SSSR count). The highest BCUT2D eigenvalue weighted by Crippen LogP contribution is 2.27. The number of nitrogens with one attached hydrogen (secondary N) is 1. The minimum absolute atomic E-state index is 0.226. The van der Waals surface area contributed by atoms with Crippen molar-refractivity contribution >= 4 is 11.6 Å². The molecule has 0 saturated heterocycles. The van der Waals surface area contributed by atoms with Crippen molar-refractivity contribution in [3.8, 4) is 5.75 Å². The minimum Gasteiger partial charge on any atom is -0.491 e. The Labute approximate surface area is 103 Å². The summed E-state index contributed by atoms with van der Waals surface area (Å²) in [6.45, 7) is 6.23. The molecule has 0 fully saturated rings. The summed E-state index contributed by atoms with van der Waals surface area (Å²) in [4.78, 5) is 0. The first kappa shape index (κ1) is 13.3. The molecule has 90 valence electrons. The second-order valence-electron chi connectivity index (χ2n) is 4.03. The van der Waals surface area contributed by atoms with Crippen LogP contribution in [0.3, 0.4) is 0 Å². The number of hydrogen-bond acceptors (Lipinski definition) is 2. The number of hydrogen-bond donors (Lipinski definition) is 1. The first-order chi connectivity index (χ1) is 7.58. The topological polar surface area (TPSA) is 21.3 Å². The maximum Gasteiger partial charge on any atom is 0.121 e. The molecule has 0 saturated carbocycles. The highest BCUT2D eigenvalue weighted by atomic mass is 35.5. The van der Waals surface area contributed by atoms with Crippen LogP contribution < -0.4 is 10.1 Å². The van der Waals surface area contributed by atoms with Gasteiger partial charge >= 0.3 is 0 Å². The van der Waals surface area contributed by atoms with E-state index in [2.05, 4.69) is 26.1 Å². The molecule has 2 nitrogen and oxygen atoms in total. The van der Waals surface area contributed by atoms with Crippen LogP contribution in [0, 0.1) is 0 Å². The lowest BCUT2D eigenvalue weighted by Crippen LogP contribution is -2.13. The predicted molar refractivity (Wildman–Crippen MR) is 69.3 cm³/mol. The van der Waals surface area contributed by atoms with Crippen molar-refractivity contribution in [2.45, 2.75) is 39.3 Å². The zero-order valence-corrected chi connectivity index (χ0v) is 11.1. The number of benzene rings is 1. The zero-order chi connectivity index (χ0) is 12.1. The monoisotopic (exact) mass is 241 g/mol. The van der Waals surface area contributed by atoms with Crippen molar-refractivity contribution in [2.24, 2.45) is 0 Å². The average Bonchev–Trinajstić information content (AvgIpc) is 2.28. The average molecular weight is 242 g/mol. The molecule has 0 aliphatic rings. The first-order valence-electron chi connectivity index (χ1n) is 5.71. The van der Waals surface area contributed by atoms with E-state index in [1.807, 2.05) is 25.2 Å². The number of halogens is 1. The summed E-state index contributed by atoms with van der Waals surface area (Å²) in [5, 5.41) is 3.92. The molecule has 0 spiro atoms. The van der Waals surface area contributed by atoms with Gasteiger partial charge in [0.15, 0.2) is 0 Å². The summed E-state index contributed by atoms with van der Waals surface area (Å²) in [6, 6.07) is 6.13. The van der Waals surface area contributed by atoms with Gasteiger partial charge < -0.3 is 10.1 Å². The quantitative estimate of drug-likeness (QED) is 0.847. The van der Waals surface area contributed by atoms with E-state index in [0.29, 0.717) is 0 Å². The van der Waals surface area contributed by atoms with Gasteiger partial charge in [0.2, 0.25) is 0 Å². The molecule has 0 bridgehead atoms. The molecular weight excluding hydrogens is 222 g/mol. The Hall–Kier alpha value is -0.730. The molecule has 1 aromatic rings. The lowest BCUT2D eigenvalue weighted by molar-refractivity contribution is 0.217. The van der Waals surface area contributed by atoms with Gasteiger partial charge in [-0.15, -0.1) is 0 Å². The van der Waals surface area contributed by atoms with Gasteiger partial charge in [0.1, 0.15) is 5.75 Å². The summed E-state index contributed by atoms with van der Waals surface area (Å²) in [6.07, 6.45) is 1.22. The fourth-order valence-electron chi connectivity index (χ4n) is 1.40. The van der Waals surface area contributed by atoms with Crippen molar-refractivity contribution in [3.63, 3.8) is 0 Å². The van der Waals surface area contributed by atoms with Crippen LogP contribution in [0.2, 0.25) is 5.02 Å². The van der Waals surface area contributed by atoms with Gasteiger partial charge in [-0.1, -0.05) is 24.6 Å². The Morgan fingerprint density at radius 2 is 2.06 bits per heavy atom. The standard InChI is InChI=1S/C13H20ClNO/c1-5-9(2)16-11-6-7-12(10(3)15-4)13(14)8-11/h6-10,15H,5H2,1-4H3. The Balaban J connectivity index is 2.82. The van der Waals surface area contributed by atoms with Gasteiger partial charge in [-0.25, -0.2) is 0 Å². The molecule has 2 atom stereocenters. The number of ether oxygens (including phenoxy) is 1.